The third-order valence-electron chi connectivity index (χ3n) is 3.43. The zero-order valence-corrected chi connectivity index (χ0v) is 13.5. The lowest BCUT2D eigenvalue weighted by atomic mass is 10.1. The number of benzene rings is 1. The van der Waals surface area contributed by atoms with Crippen LogP contribution in [0.3, 0.4) is 0 Å². The van der Waals surface area contributed by atoms with Gasteiger partial charge >= 0.3 is 6.18 Å². The molecular formula is C16H21F3N2O2. The van der Waals surface area contributed by atoms with Crippen LogP contribution in [0.15, 0.2) is 24.3 Å². The number of amides is 2. The summed E-state index contributed by atoms with van der Waals surface area (Å²) in [5.41, 5.74) is -0.794. The Balaban J connectivity index is 2.95. The first-order chi connectivity index (χ1) is 10.7. The fraction of sp³-hybridized carbons (Fsp3) is 0.500. The number of alkyl halides is 3. The van der Waals surface area contributed by atoms with Gasteiger partial charge in [-0.15, -0.1) is 0 Å². The number of carbonyl (C=O) groups excluding carboxylic acids is 2. The maximum atomic E-state index is 12.8. The van der Waals surface area contributed by atoms with Crippen molar-refractivity contribution in [1.29, 1.82) is 0 Å². The number of hydrogen-bond acceptors (Lipinski definition) is 2. The predicted octanol–water partition coefficient (Wildman–Crippen LogP) is 3.32. The third-order valence-corrected chi connectivity index (χ3v) is 3.43. The number of anilines is 1. The van der Waals surface area contributed by atoms with E-state index in [4.69, 9.17) is 0 Å². The van der Waals surface area contributed by atoms with Gasteiger partial charge in [0.25, 0.3) is 0 Å². The van der Waals surface area contributed by atoms with E-state index in [9.17, 15) is 22.8 Å². The van der Waals surface area contributed by atoms with Crippen molar-refractivity contribution in [1.82, 2.24) is 4.90 Å². The Hall–Kier alpha value is -2.05. The summed E-state index contributed by atoms with van der Waals surface area (Å²) in [6.07, 6.45) is -2.76. The van der Waals surface area contributed by atoms with Gasteiger partial charge in [0.2, 0.25) is 11.8 Å². The molecule has 128 valence electrons. The minimum absolute atomic E-state index is 0.0598. The smallest absolute Gasteiger partial charge is 0.344 e. The van der Waals surface area contributed by atoms with Crippen LogP contribution < -0.4 is 4.90 Å². The van der Waals surface area contributed by atoms with Crippen LogP contribution in [0.1, 0.15) is 32.3 Å². The summed E-state index contributed by atoms with van der Waals surface area (Å²) in [6, 6.07) is 4.41. The van der Waals surface area contributed by atoms with Crippen LogP contribution in [0.2, 0.25) is 0 Å². The zero-order valence-electron chi connectivity index (χ0n) is 13.5. The van der Waals surface area contributed by atoms with Crippen LogP contribution in [0.25, 0.3) is 0 Å². The van der Waals surface area contributed by atoms with E-state index >= 15 is 0 Å². The molecular weight excluding hydrogens is 309 g/mol. The lowest BCUT2D eigenvalue weighted by molar-refractivity contribution is -0.137. The SMILES string of the molecule is CCCCN(C)C(=O)CN(C(C)=O)c1cccc(C(F)(F)F)c1. The molecule has 1 aromatic carbocycles. The summed E-state index contributed by atoms with van der Waals surface area (Å²) < 4.78 is 38.4. The second kappa shape index (κ2) is 7.99. The Morgan fingerprint density at radius 3 is 2.39 bits per heavy atom. The van der Waals surface area contributed by atoms with Crippen molar-refractivity contribution >= 4 is 17.5 Å². The average molecular weight is 330 g/mol. The molecule has 23 heavy (non-hydrogen) atoms. The number of carbonyl (C=O) groups is 2. The fourth-order valence-corrected chi connectivity index (χ4v) is 2.01. The van der Waals surface area contributed by atoms with Crippen molar-refractivity contribution in [2.24, 2.45) is 0 Å². The normalized spacial score (nSPS) is 11.2. The van der Waals surface area contributed by atoms with Crippen molar-refractivity contribution in [3.05, 3.63) is 29.8 Å². The van der Waals surface area contributed by atoms with Crippen molar-refractivity contribution in [3.63, 3.8) is 0 Å². The molecule has 0 bridgehead atoms. The molecule has 1 aromatic rings. The second-order valence-electron chi connectivity index (χ2n) is 5.32. The minimum Gasteiger partial charge on any atom is -0.344 e. The Labute approximate surface area is 133 Å². The van der Waals surface area contributed by atoms with Crippen LogP contribution in [0.4, 0.5) is 18.9 Å². The van der Waals surface area contributed by atoms with Gasteiger partial charge in [0.15, 0.2) is 0 Å². The highest BCUT2D eigenvalue weighted by Crippen LogP contribution is 2.31. The van der Waals surface area contributed by atoms with Gasteiger partial charge in [-0.3, -0.25) is 9.59 Å². The van der Waals surface area contributed by atoms with E-state index in [0.29, 0.717) is 6.54 Å². The van der Waals surface area contributed by atoms with E-state index in [1.807, 2.05) is 6.92 Å². The molecule has 2 amide bonds. The molecule has 0 unspecified atom stereocenters. The van der Waals surface area contributed by atoms with Crippen LogP contribution in [0, 0.1) is 0 Å². The highest BCUT2D eigenvalue weighted by Gasteiger charge is 2.31. The van der Waals surface area contributed by atoms with Gasteiger partial charge in [-0.25, -0.2) is 0 Å². The Morgan fingerprint density at radius 2 is 1.87 bits per heavy atom. The Bertz CT molecular complexity index is 559. The lowest BCUT2D eigenvalue weighted by Crippen LogP contribution is -2.41. The maximum absolute atomic E-state index is 12.8. The summed E-state index contributed by atoms with van der Waals surface area (Å²) in [4.78, 5) is 26.4. The monoisotopic (exact) mass is 330 g/mol. The summed E-state index contributed by atoms with van der Waals surface area (Å²) in [5.74, 6) is -0.798. The number of unbranched alkanes of at least 4 members (excludes halogenated alkanes) is 1. The molecule has 0 spiro atoms. The molecule has 7 heteroatoms. The van der Waals surface area contributed by atoms with Crippen molar-refractivity contribution in [2.75, 3.05) is 25.0 Å². The van der Waals surface area contributed by atoms with E-state index in [0.717, 1.165) is 29.9 Å². The van der Waals surface area contributed by atoms with Gasteiger partial charge < -0.3 is 9.80 Å². The summed E-state index contributed by atoms with van der Waals surface area (Å²) >= 11 is 0. The average Bonchev–Trinajstić information content (AvgIpc) is 2.48. The molecule has 0 aliphatic heterocycles. The molecule has 0 heterocycles. The molecule has 0 aromatic heterocycles. The standard InChI is InChI=1S/C16H21F3N2O2/c1-4-5-9-20(3)15(23)11-21(12(2)22)14-8-6-7-13(10-14)16(17,18)19/h6-8,10H,4-5,9,11H2,1-3H3. The number of nitrogens with zero attached hydrogens (tertiary/aromatic N) is 2. The minimum atomic E-state index is -4.50. The number of rotatable bonds is 6. The first-order valence-electron chi connectivity index (χ1n) is 7.36. The second-order valence-corrected chi connectivity index (χ2v) is 5.32. The summed E-state index contributed by atoms with van der Waals surface area (Å²) in [6.45, 7) is 3.48. The van der Waals surface area contributed by atoms with E-state index < -0.39 is 17.6 Å². The van der Waals surface area contributed by atoms with Crippen molar-refractivity contribution in [3.8, 4) is 0 Å². The van der Waals surface area contributed by atoms with Crippen LogP contribution in [-0.2, 0) is 15.8 Å². The molecule has 0 saturated carbocycles. The molecule has 0 atom stereocenters. The van der Waals surface area contributed by atoms with E-state index in [2.05, 4.69) is 0 Å². The summed E-state index contributed by atoms with van der Waals surface area (Å²) in [7, 11) is 1.61. The third kappa shape index (κ3) is 5.58. The molecule has 0 saturated heterocycles. The van der Waals surface area contributed by atoms with E-state index in [1.54, 1.807) is 7.05 Å². The molecule has 0 N–H and O–H groups in total. The first-order valence-corrected chi connectivity index (χ1v) is 7.36. The van der Waals surface area contributed by atoms with Gasteiger partial charge in [0.1, 0.15) is 6.54 Å². The molecule has 0 fully saturated rings. The Kier molecular flexibility index (Phi) is 6.60. The molecule has 0 aliphatic carbocycles. The highest BCUT2D eigenvalue weighted by atomic mass is 19.4. The molecule has 0 radical (unpaired) electrons. The highest BCUT2D eigenvalue weighted by molar-refractivity contribution is 5.97. The molecule has 0 aliphatic rings. The molecule has 1 rings (SSSR count). The number of halogens is 3. The first kappa shape index (κ1) is 19.0. The predicted molar refractivity (Wildman–Crippen MR) is 82.0 cm³/mol. The zero-order chi connectivity index (χ0) is 17.6. The van der Waals surface area contributed by atoms with Crippen LogP contribution >= 0.6 is 0 Å². The Morgan fingerprint density at radius 1 is 1.22 bits per heavy atom. The quantitative estimate of drug-likeness (QED) is 0.803. The summed E-state index contributed by atoms with van der Waals surface area (Å²) in [5, 5.41) is 0. The van der Waals surface area contributed by atoms with Crippen molar-refractivity contribution in [2.45, 2.75) is 32.9 Å². The van der Waals surface area contributed by atoms with Gasteiger partial charge in [-0.1, -0.05) is 19.4 Å². The molecule has 4 nitrogen and oxygen atoms in total. The van der Waals surface area contributed by atoms with Gasteiger partial charge in [0.05, 0.1) is 5.56 Å². The maximum Gasteiger partial charge on any atom is 0.416 e. The lowest BCUT2D eigenvalue weighted by Gasteiger charge is -2.25. The number of hydrogen-bond donors (Lipinski definition) is 0. The van der Waals surface area contributed by atoms with Crippen LogP contribution in [-0.4, -0.2) is 36.9 Å². The van der Waals surface area contributed by atoms with E-state index in [-0.39, 0.29) is 18.1 Å². The number of likely N-dealkylation sites (N-methyl/N-ethyl adjacent to an activating group) is 1. The fourth-order valence-electron chi connectivity index (χ4n) is 2.01. The van der Waals surface area contributed by atoms with Crippen LogP contribution in [0.5, 0.6) is 0 Å². The topological polar surface area (TPSA) is 40.6 Å². The van der Waals surface area contributed by atoms with Gasteiger partial charge in [-0.2, -0.15) is 13.2 Å². The van der Waals surface area contributed by atoms with Crippen molar-refractivity contribution < 1.29 is 22.8 Å². The van der Waals surface area contributed by atoms with Gasteiger partial charge in [0, 0.05) is 26.2 Å². The van der Waals surface area contributed by atoms with Gasteiger partial charge in [-0.05, 0) is 24.6 Å². The largest absolute Gasteiger partial charge is 0.416 e. The van der Waals surface area contributed by atoms with E-state index in [1.165, 1.54) is 24.0 Å².